The van der Waals surface area contributed by atoms with E-state index in [1.54, 1.807) is 12.1 Å². The van der Waals surface area contributed by atoms with E-state index in [1.165, 1.54) is 6.07 Å². The maximum absolute atomic E-state index is 11.3. The molecule has 5 heteroatoms. The zero-order chi connectivity index (χ0) is 13.4. The highest BCUT2D eigenvalue weighted by Gasteiger charge is 2.08. The van der Waals surface area contributed by atoms with E-state index >= 15 is 0 Å². The second-order valence-electron chi connectivity index (χ2n) is 3.66. The van der Waals surface area contributed by atoms with Gasteiger partial charge in [0.15, 0.2) is 12.9 Å². The van der Waals surface area contributed by atoms with Gasteiger partial charge in [0.25, 0.3) is 0 Å². The number of hydrogen-bond donors (Lipinski definition) is 0. The number of carbonyl (C=O) groups is 2. The predicted octanol–water partition coefficient (Wildman–Crippen LogP) is 2.87. The van der Waals surface area contributed by atoms with Crippen LogP contribution >= 0.6 is 11.6 Å². The van der Waals surface area contributed by atoms with Crippen LogP contribution in [0.4, 0.5) is 0 Å². The molecule has 0 heterocycles. The summed E-state index contributed by atoms with van der Waals surface area (Å²) >= 11 is 5.74. The second kappa shape index (κ2) is 7.71. The van der Waals surface area contributed by atoms with Crippen molar-refractivity contribution in [3.8, 4) is 5.75 Å². The van der Waals surface area contributed by atoms with Gasteiger partial charge in [-0.15, -0.1) is 0 Å². The fourth-order valence-electron chi connectivity index (χ4n) is 1.25. The van der Waals surface area contributed by atoms with E-state index in [1.807, 2.05) is 6.92 Å². The van der Waals surface area contributed by atoms with Crippen molar-refractivity contribution < 1.29 is 19.1 Å². The Kier molecular flexibility index (Phi) is 6.22. The molecular weight excluding hydrogens is 256 g/mol. The lowest BCUT2D eigenvalue weighted by Crippen LogP contribution is -2.16. The van der Waals surface area contributed by atoms with Crippen molar-refractivity contribution in [1.29, 1.82) is 0 Å². The Hall–Kier alpha value is -1.55. The number of benzene rings is 1. The van der Waals surface area contributed by atoms with Crippen molar-refractivity contribution in [3.63, 3.8) is 0 Å². The van der Waals surface area contributed by atoms with Crippen LogP contribution < -0.4 is 4.74 Å². The molecule has 0 radical (unpaired) electrons. The first-order valence-corrected chi connectivity index (χ1v) is 6.08. The van der Waals surface area contributed by atoms with Crippen molar-refractivity contribution in [3.05, 3.63) is 28.8 Å². The van der Waals surface area contributed by atoms with E-state index in [4.69, 9.17) is 21.1 Å². The van der Waals surface area contributed by atoms with Gasteiger partial charge in [-0.3, -0.25) is 4.79 Å². The van der Waals surface area contributed by atoms with Crippen molar-refractivity contribution in [2.24, 2.45) is 0 Å². The van der Waals surface area contributed by atoms with Gasteiger partial charge in [-0.05, 0) is 24.6 Å². The molecule has 0 fully saturated rings. The molecule has 0 atom stereocenters. The molecule has 98 valence electrons. The lowest BCUT2D eigenvalue weighted by Gasteiger charge is -2.08. The maximum atomic E-state index is 11.3. The average molecular weight is 271 g/mol. The SMILES string of the molecule is CCCCOC(=O)COc1ccc(Cl)cc1C=O. The zero-order valence-corrected chi connectivity index (χ0v) is 10.9. The van der Waals surface area contributed by atoms with E-state index in [0.29, 0.717) is 29.2 Å². The van der Waals surface area contributed by atoms with Gasteiger partial charge in [0, 0.05) is 5.02 Å². The van der Waals surface area contributed by atoms with Gasteiger partial charge in [-0.25, -0.2) is 4.79 Å². The molecule has 0 aliphatic heterocycles. The maximum Gasteiger partial charge on any atom is 0.344 e. The molecule has 0 amide bonds. The molecule has 0 saturated heterocycles. The van der Waals surface area contributed by atoms with Crippen LogP contribution in [-0.4, -0.2) is 25.5 Å². The predicted molar refractivity (Wildman–Crippen MR) is 68.2 cm³/mol. The Balaban J connectivity index is 2.48. The summed E-state index contributed by atoms with van der Waals surface area (Å²) in [6.45, 7) is 2.18. The molecule has 1 rings (SSSR count). The minimum Gasteiger partial charge on any atom is -0.481 e. The lowest BCUT2D eigenvalue weighted by molar-refractivity contribution is -0.146. The van der Waals surface area contributed by atoms with E-state index in [9.17, 15) is 9.59 Å². The standard InChI is InChI=1S/C13H15ClO4/c1-2-3-6-17-13(16)9-18-12-5-4-11(14)7-10(12)8-15/h4-5,7-8H,2-3,6,9H2,1H3. The Morgan fingerprint density at radius 1 is 1.44 bits per heavy atom. The smallest absolute Gasteiger partial charge is 0.344 e. The monoisotopic (exact) mass is 270 g/mol. The fraction of sp³-hybridized carbons (Fsp3) is 0.385. The Labute approximate surface area is 111 Å². The van der Waals surface area contributed by atoms with Gasteiger partial charge in [-0.2, -0.15) is 0 Å². The van der Waals surface area contributed by atoms with Crippen molar-refractivity contribution in [2.45, 2.75) is 19.8 Å². The number of hydrogen-bond acceptors (Lipinski definition) is 4. The summed E-state index contributed by atoms with van der Waals surface area (Å²) in [4.78, 5) is 22.1. The van der Waals surface area contributed by atoms with Gasteiger partial charge in [0.2, 0.25) is 0 Å². The third-order valence-corrected chi connectivity index (χ3v) is 2.44. The largest absolute Gasteiger partial charge is 0.481 e. The van der Waals surface area contributed by atoms with Crippen LogP contribution in [0.3, 0.4) is 0 Å². The first-order valence-electron chi connectivity index (χ1n) is 5.70. The van der Waals surface area contributed by atoms with Gasteiger partial charge in [-0.1, -0.05) is 24.9 Å². The van der Waals surface area contributed by atoms with E-state index in [2.05, 4.69) is 0 Å². The number of aldehydes is 1. The number of rotatable bonds is 7. The highest BCUT2D eigenvalue weighted by molar-refractivity contribution is 6.30. The van der Waals surface area contributed by atoms with Gasteiger partial charge >= 0.3 is 5.97 Å². The van der Waals surface area contributed by atoms with Crippen molar-refractivity contribution >= 4 is 23.9 Å². The highest BCUT2D eigenvalue weighted by Crippen LogP contribution is 2.21. The molecule has 18 heavy (non-hydrogen) atoms. The molecule has 0 bridgehead atoms. The van der Waals surface area contributed by atoms with Crippen LogP contribution in [0.5, 0.6) is 5.75 Å². The highest BCUT2D eigenvalue weighted by atomic mass is 35.5. The third kappa shape index (κ3) is 4.75. The van der Waals surface area contributed by atoms with Gasteiger partial charge in [0.05, 0.1) is 12.2 Å². The number of carbonyl (C=O) groups excluding carboxylic acids is 2. The quantitative estimate of drug-likeness (QED) is 0.434. The summed E-state index contributed by atoms with van der Waals surface area (Å²) in [5.41, 5.74) is 0.309. The molecule has 0 saturated carbocycles. The molecular formula is C13H15ClO4. The number of unbranched alkanes of at least 4 members (excludes halogenated alkanes) is 1. The number of halogens is 1. The molecule has 0 N–H and O–H groups in total. The molecule has 1 aromatic carbocycles. The summed E-state index contributed by atoms with van der Waals surface area (Å²) in [6.07, 6.45) is 2.41. The summed E-state index contributed by atoms with van der Waals surface area (Å²) in [7, 11) is 0. The summed E-state index contributed by atoms with van der Waals surface area (Å²) < 4.78 is 10.1. The first kappa shape index (κ1) is 14.5. The van der Waals surface area contributed by atoms with Crippen LogP contribution in [-0.2, 0) is 9.53 Å². The van der Waals surface area contributed by atoms with Crippen LogP contribution in [0.2, 0.25) is 5.02 Å². The first-order chi connectivity index (χ1) is 8.67. The molecule has 0 unspecified atom stereocenters. The van der Waals surface area contributed by atoms with Crippen molar-refractivity contribution in [2.75, 3.05) is 13.2 Å². The average Bonchev–Trinajstić information content (AvgIpc) is 2.37. The van der Waals surface area contributed by atoms with Gasteiger partial charge in [0.1, 0.15) is 5.75 Å². The Morgan fingerprint density at radius 3 is 2.89 bits per heavy atom. The van der Waals surface area contributed by atoms with Crippen LogP contribution in [0.25, 0.3) is 0 Å². The number of esters is 1. The topological polar surface area (TPSA) is 52.6 Å². The van der Waals surface area contributed by atoms with E-state index < -0.39 is 5.97 Å². The molecule has 0 aliphatic rings. The Bertz CT molecular complexity index is 417. The third-order valence-electron chi connectivity index (χ3n) is 2.21. The normalized spacial score (nSPS) is 9.89. The van der Waals surface area contributed by atoms with E-state index in [0.717, 1.165) is 12.8 Å². The molecule has 0 aromatic heterocycles. The van der Waals surface area contributed by atoms with Crippen molar-refractivity contribution in [1.82, 2.24) is 0 Å². The number of ether oxygens (including phenoxy) is 2. The zero-order valence-electron chi connectivity index (χ0n) is 10.1. The van der Waals surface area contributed by atoms with E-state index in [-0.39, 0.29) is 6.61 Å². The summed E-state index contributed by atoms with van der Waals surface area (Å²) in [5, 5.41) is 0.440. The molecule has 4 nitrogen and oxygen atoms in total. The second-order valence-corrected chi connectivity index (χ2v) is 4.10. The minimum absolute atomic E-state index is 0.216. The van der Waals surface area contributed by atoms with Crippen LogP contribution in [0.1, 0.15) is 30.1 Å². The molecule has 0 spiro atoms. The van der Waals surface area contributed by atoms with Gasteiger partial charge < -0.3 is 9.47 Å². The Morgan fingerprint density at radius 2 is 2.22 bits per heavy atom. The molecule has 0 aliphatic carbocycles. The fourth-order valence-corrected chi connectivity index (χ4v) is 1.43. The summed E-state index contributed by atoms with van der Waals surface area (Å²) in [6, 6.07) is 4.62. The molecule has 1 aromatic rings. The lowest BCUT2D eigenvalue weighted by atomic mass is 10.2. The minimum atomic E-state index is -0.449. The van der Waals surface area contributed by atoms with Crippen LogP contribution in [0, 0.1) is 0 Å². The summed E-state index contributed by atoms with van der Waals surface area (Å²) in [5.74, 6) is -0.128. The van der Waals surface area contributed by atoms with Crippen LogP contribution in [0.15, 0.2) is 18.2 Å².